The average molecular weight is 342 g/mol. The molecule has 7 nitrogen and oxygen atoms in total. The van der Waals surface area contributed by atoms with Gasteiger partial charge in [-0.15, -0.1) is 0 Å². The lowest BCUT2D eigenvalue weighted by atomic mass is 10.1. The summed E-state index contributed by atoms with van der Waals surface area (Å²) in [5.41, 5.74) is 2.66. The monoisotopic (exact) mass is 342 g/mol. The van der Waals surface area contributed by atoms with Crippen LogP contribution >= 0.6 is 0 Å². The topological polar surface area (TPSA) is 98.5 Å². The Morgan fingerprint density at radius 1 is 1.16 bits per heavy atom. The number of carbonyl (C=O) groups is 2. The highest BCUT2D eigenvalue weighted by Crippen LogP contribution is 2.21. The quantitative estimate of drug-likeness (QED) is 0.493. The maximum absolute atomic E-state index is 12.0. The third kappa shape index (κ3) is 4.63. The fraction of sp³-hybridized carbons (Fsp3) is 0.222. The largest absolute Gasteiger partial charge is 0.452 e. The first-order chi connectivity index (χ1) is 11.9. The van der Waals surface area contributed by atoms with Gasteiger partial charge in [-0.25, -0.2) is 4.79 Å². The average Bonchev–Trinajstić information content (AvgIpc) is 2.61. The molecule has 0 aromatic heterocycles. The molecule has 1 amide bonds. The van der Waals surface area contributed by atoms with Crippen molar-refractivity contribution < 1.29 is 19.2 Å². The summed E-state index contributed by atoms with van der Waals surface area (Å²) in [6.07, 6.45) is 0.764. The van der Waals surface area contributed by atoms with Crippen molar-refractivity contribution in [3.63, 3.8) is 0 Å². The van der Waals surface area contributed by atoms with E-state index in [1.54, 1.807) is 0 Å². The number of hydrogen-bond donors (Lipinski definition) is 1. The fourth-order valence-electron chi connectivity index (χ4n) is 2.31. The van der Waals surface area contributed by atoms with Gasteiger partial charge in [-0.05, 0) is 36.6 Å². The Kier molecular flexibility index (Phi) is 5.84. The summed E-state index contributed by atoms with van der Waals surface area (Å²) in [4.78, 5) is 34.0. The van der Waals surface area contributed by atoms with Gasteiger partial charge in [-0.1, -0.05) is 25.1 Å². The minimum Gasteiger partial charge on any atom is -0.452 e. The Bertz CT molecular complexity index is 800. The molecule has 0 aliphatic rings. The van der Waals surface area contributed by atoms with E-state index in [1.165, 1.54) is 24.3 Å². The zero-order valence-corrected chi connectivity index (χ0v) is 13.9. The van der Waals surface area contributed by atoms with Crippen molar-refractivity contribution in [2.75, 3.05) is 11.9 Å². The van der Waals surface area contributed by atoms with Gasteiger partial charge in [0.2, 0.25) is 0 Å². The van der Waals surface area contributed by atoms with Crippen LogP contribution in [0.1, 0.15) is 28.4 Å². The lowest BCUT2D eigenvalue weighted by molar-refractivity contribution is -0.384. The molecule has 0 aliphatic carbocycles. The second-order valence-corrected chi connectivity index (χ2v) is 5.39. The molecule has 0 saturated heterocycles. The summed E-state index contributed by atoms with van der Waals surface area (Å²) in [6.45, 7) is 3.43. The van der Waals surface area contributed by atoms with E-state index in [9.17, 15) is 19.7 Å². The molecule has 0 heterocycles. The van der Waals surface area contributed by atoms with Crippen LogP contribution in [-0.2, 0) is 16.0 Å². The molecule has 25 heavy (non-hydrogen) atoms. The van der Waals surface area contributed by atoms with Gasteiger partial charge in [0.05, 0.1) is 10.5 Å². The number of amides is 1. The molecule has 0 radical (unpaired) electrons. The highest BCUT2D eigenvalue weighted by Gasteiger charge is 2.14. The minimum atomic E-state index is -0.717. The van der Waals surface area contributed by atoms with E-state index in [0.717, 1.165) is 23.2 Å². The lowest BCUT2D eigenvalue weighted by Gasteiger charge is -2.13. The minimum absolute atomic E-state index is 0.124. The van der Waals surface area contributed by atoms with E-state index >= 15 is 0 Å². The fourth-order valence-corrected chi connectivity index (χ4v) is 2.31. The number of nitro groups is 1. The number of anilines is 1. The third-order valence-corrected chi connectivity index (χ3v) is 3.65. The molecule has 0 spiro atoms. The third-order valence-electron chi connectivity index (χ3n) is 3.65. The van der Waals surface area contributed by atoms with E-state index in [0.29, 0.717) is 0 Å². The number of nitrogens with zero attached hydrogens (tertiary/aromatic N) is 1. The molecule has 0 bridgehead atoms. The molecular weight excluding hydrogens is 324 g/mol. The van der Waals surface area contributed by atoms with Crippen LogP contribution in [0.2, 0.25) is 0 Å². The van der Waals surface area contributed by atoms with E-state index in [4.69, 9.17) is 4.74 Å². The van der Waals surface area contributed by atoms with Crippen molar-refractivity contribution >= 4 is 23.3 Å². The van der Waals surface area contributed by atoms with Crippen LogP contribution in [0.25, 0.3) is 0 Å². The Hall–Kier alpha value is -3.22. The molecule has 2 aromatic rings. The van der Waals surface area contributed by atoms with Crippen LogP contribution < -0.4 is 5.32 Å². The maximum Gasteiger partial charge on any atom is 0.338 e. The van der Waals surface area contributed by atoms with E-state index in [2.05, 4.69) is 5.32 Å². The molecule has 1 N–H and O–H groups in total. The zero-order chi connectivity index (χ0) is 18.4. The Morgan fingerprint density at radius 2 is 1.84 bits per heavy atom. The van der Waals surface area contributed by atoms with Gasteiger partial charge in [-0.2, -0.15) is 0 Å². The second kappa shape index (κ2) is 8.05. The van der Waals surface area contributed by atoms with Crippen molar-refractivity contribution in [1.82, 2.24) is 0 Å². The number of rotatable bonds is 6. The molecule has 0 saturated carbocycles. The van der Waals surface area contributed by atoms with Crippen molar-refractivity contribution in [1.29, 1.82) is 0 Å². The van der Waals surface area contributed by atoms with Crippen molar-refractivity contribution in [2.24, 2.45) is 0 Å². The van der Waals surface area contributed by atoms with Gasteiger partial charge in [-0.3, -0.25) is 14.9 Å². The van der Waals surface area contributed by atoms with Crippen molar-refractivity contribution in [3.8, 4) is 0 Å². The van der Waals surface area contributed by atoms with Gasteiger partial charge in [0.1, 0.15) is 0 Å². The number of nitro benzene ring substituents is 1. The van der Waals surface area contributed by atoms with Gasteiger partial charge < -0.3 is 10.1 Å². The first-order valence-electron chi connectivity index (χ1n) is 7.72. The number of carbonyl (C=O) groups excluding carboxylic acids is 2. The van der Waals surface area contributed by atoms with E-state index in [1.807, 2.05) is 32.0 Å². The molecular formula is C18H18N2O5. The maximum atomic E-state index is 12.0. The standard InChI is InChI=1S/C18H18N2O5/c1-3-13-6-4-5-12(2)17(13)19-16(21)11-25-18(22)14-7-9-15(10-8-14)20(23)24/h4-10H,3,11H2,1-2H3,(H,19,21). The number of esters is 1. The highest BCUT2D eigenvalue weighted by molar-refractivity contribution is 5.96. The number of para-hydroxylation sites is 1. The summed E-state index contributed by atoms with van der Waals surface area (Å²) in [6, 6.07) is 10.7. The van der Waals surface area contributed by atoms with Crippen LogP contribution in [0.15, 0.2) is 42.5 Å². The molecule has 7 heteroatoms. The predicted molar refractivity (Wildman–Crippen MR) is 92.6 cm³/mol. The molecule has 2 rings (SSSR count). The molecule has 0 atom stereocenters. The number of hydrogen-bond acceptors (Lipinski definition) is 5. The van der Waals surface area contributed by atoms with Crippen molar-refractivity contribution in [2.45, 2.75) is 20.3 Å². The van der Waals surface area contributed by atoms with Crippen LogP contribution in [-0.4, -0.2) is 23.4 Å². The first kappa shape index (κ1) is 18.1. The number of benzene rings is 2. The number of non-ortho nitro benzene ring substituents is 1. The number of ether oxygens (including phenoxy) is 1. The van der Waals surface area contributed by atoms with Gasteiger partial charge >= 0.3 is 5.97 Å². The summed E-state index contributed by atoms with van der Waals surface area (Å²) in [5, 5.41) is 13.3. The van der Waals surface area contributed by atoms with Crippen LogP contribution in [0.5, 0.6) is 0 Å². The summed E-state index contributed by atoms with van der Waals surface area (Å²) < 4.78 is 4.95. The first-order valence-corrected chi connectivity index (χ1v) is 7.72. The van der Waals surface area contributed by atoms with Gasteiger partial charge in [0, 0.05) is 17.8 Å². The van der Waals surface area contributed by atoms with E-state index in [-0.39, 0.29) is 11.3 Å². The Labute approximate surface area is 144 Å². The Morgan fingerprint density at radius 3 is 2.44 bits per heavy atom. The molecule has 130 valence electrons. The SMILES string of the molecule is CCc1cccc(C)c1NC(=O)COC(=O)c1ccc([N+](=O)[O-])cc1. The predicted octanol–water partition coefficient (Wildman–Crippen LogP) is 3.26. The van der Waals surface area contributed by atoms with E-state index < -0.39 is 23.4 Å². The van der Waals surface area contributed by atoms with Crippen LogP contribution in [0, 0.1) is 17.0 Å². The van der Waals surface area contributed by atoms with Crippen molar-refractivity contribution in [3.05, 3.63) is 69.3 Å². The molecule has 0 aliphatic heterocycles. The number of aryl methyl sites for hydroxylation is 2. The summed E-state index contributed by atoms with van der Waals surface area (Å²) in [7, 11) is 0. The number of nitrogens with one attached hydrogen (secondary N) is 1. The molecule has 0 unspecified atom stereocenters. The summed E-state index contributed by atoms with van der Waals surface area (Å²) in [5.74, 6) is -1.16. The second-order valence-electron chi connectivity index (χ2n) is 5.39. The highest BCUT2D eigenvalue weighted by atomic mass is 16.6. The normalized spacial score (nSPS) is 10.2. The zero-order valence-electron chi connectivity index (χ0n) is 13.9. The van der Waals surface area contributed by atoms with Gasteiger partial charge in [0.15, 0.2) is 6.61 Å². The lowest BCUT2D eigenvalue weighted by Crippen LogP contribution is -2.22. The summed E-state index contributed by atoms with van der Waals surface area (Å²) >= 11 is 0. The van der Waals surface area contributed by atoms with Crippen LogP contribution in [0.4, 0.5) is 11.4 Å². The van der Waals surface area contributed by atoms with Crippen LogP contribution in [0.3, 0.4) is 0 Å². The molecule has 2 aromatic carbocycles. The Balaban J connectivity index is 1.96. The van der Waals surface area contributed by atoms with Gasteiger partial charge in [0.25, 0.3) is 11.6 Å². The molecule has 0 fully saturated rings. The smallest absolute Gasteiger partial charge is 0.338 e.